The van der Waals surface area contributed by atoms with Crippen molar-refractivity contribution in [2.24, 2.45) is 0 Å². The van der Waals surface area contributed by atoms with Gasteiger partial charge in [-0.2, -0.15) is 0 Å². The van der Waals surface area contributed by atoms with Crippen LogP contribution in [0.4, 0.5) is 0 Å². The Bertz CT molecular complexity index is 3110. The molecule has 3 heterocycles. The smallest absolute Gasteiger partial charge is 0.120 e. The van der Waals surface area contributed by atoms with E-state index >= 15 is 0 Å². The molecule has 7 aromatic carbocycles. The number of rotatable bonds is 7. The van der Waals surface area contributed by atoms with Gasteiger partial charge in [-0.1, -0.05) is 114 Å². The maximum atomic E-state index is 8.44. The summed E-state index contributed by atoms with van der Waals surface area (Å²) >= 11 is -2.03. The van der Waals surface area contributed by atoms with Crippen LogP contribution >= 0.6 is 0 Å². The third kappa shape index (κ3) is 8.06. The third-order valence-electron chi connectivity index (χ3n) is 10.8. The Kier molecular flexibility index (Phi) is 11.5. The second kappa shape index (κ2) is 17.4. The fourth-order valence-electron chi connectivity index (χ4n) is 7.85. The minimum Gasteiger partial charge on any atom is -0.501 e. The molecular formula is C54H45GeIrN3O-2. The molecule has 6 heteroatoms. The minimum atomic E-state index is -2.03. The molecule has 0 fully saturated rings. The summed E-state index contributed by atoms with van der Waals surface area (Å²) in [6.45, 7) is 3.91. The fourth-order valence-corrected chi connectivity index (χ4v) is 11.2. The average Bonchev–Trinajstić information content (AvgIpc) is 3.86. The van der Waals surface area contributed by atoms with E-state index in [1.807, 2.05) is 80.7 Å². The molecule has 297 valence electrons. The molecule has 0 aliphatic rings. The van der Waals surface area contributed by atoms with Crippen LogP contribution < -0.4 is 4.40 Å². The van der Waals surface area contributed by atoms with Crippen molar-refractivity contribution in [1.82, 2.24) is 14.5 Å². The first-order valence-electron chi connectivity index (χ1n) is 20.6. The van der Waals surface area contributed by atoms with E-state index in [-0.39, 0.29) is 20.1 Å². The van der Waals surface area contributed by atoms with E-state index in [1.165, 1.54) is 9.96 Å². The van der Waals surface area contributed by atoms with E-state index in [0.717, 1.165) is 83.6 Å². The molecule has 4 nitrogen and oxygen atoms in total. The Morgan fingerprint density at radius 1 is 0.667 bits per heavy atom. The first-order valence-corrected chi connectivity index (χ1v) is 27.4. The van der Waals surface area contributed by atoms with Gasteiger partial charge in [0.05, 0.1) is 22.4 Å². The molecule has 1 radical (unpaired) electrons. The number of nitrogens with zero attached hydrogens (tertiary/aromatic N) is 3. The molecule has 0 saturated carbocycles. The first kappa shape index (κ1) is 39.6. The Balaban J connectivity index is 0.000000208. The van der Waals surface area contributed by atoms with Crippen LogP contribution in [0.5, 0.6) is 0 Å². The second-order valence-electron chi connectivity index (χ2n) is 16.1. The summed E-state index contributed by atoms with van der Waals surface area (Å²) in [6.07, 6.45) is 2.00. The van der Waals surface area contributed by atoms with Crippen molar-refractivity contribution >= 4 is 50.6 Å². The largest absolute Gasteiger partial charge is 0.501 e. The third-order valence-corrected chi connectivity index (χ3v) is 15.0. The topological polar surface area (TPSA) is 43.9 Å². The van der Waals surface area contributed by atoms with Gasteiger partial charge in [0.2, 0.25) is 0 Å². The van der Waals surface area contributed by atoms with E-state index in [0.29, 0.717) is 0 Å². The van der Waals surface area contributed by atoms with Crippen molar-refractivity contribution in [2.75, 3.05) is 0 Å². The molecule has 0 unspecified atom stereocenters. The number of hydrogen-bond donors (Lipinski definition) is 0. The number of furan rings is 1. The average molecular weight is 1020 g/mol. The summed E-state index contributed by atoms with van der Waals surface area (Å²) in [5.74, 6) is 7.25. The zero-order chi connectivity index (χ0) is 41.4. The van der Waals surface area contributed by atoms with Gasteiger partial charge >= 0.3 is 120 Å². The van der Waals surface area contributed by atoms with Crippen molar-refractivity contribution in [3.05, 3.63) is 194 Å². The van der Waals surface area contributed by atoms with E-state index in [4.69, 9.17) is 10.8 Å². The Labute approximate surface area is 370 Å². The molecule has 0 bridgehead atoms. The minimum absolute atomic E-state index is 0. The number of pyridine rings is 1. The van der Waals surface area contributed by atoms with Gasteiger partial charge in [-0.3, -0.25) is 4.98 Å². The van der Waals surface area contributed by atoms with E-state index in [2.05, 4.69) is 148 Å². The van der Waals surface area contributed by atoms with Gasteiger partial charge in [0.1, 0.15) is 5.58 Å². The van der Waals surface area contributed by atoms with E-state index < -0.39 is 19.2 Å². The molecule has 60 heavy (non-hydrogen) atoms. The standard InChI is InChI=1S/C37H23N2O.C17H22GeN.Ir/c1-3-12-25(13-4-1)27-22-23-28(26-14-5-2-6-15-26)34(24-27)39-33-20-9-8-19-32(33)38-37(39)31-18-11-17-30-29-16-7-10-21-35(29)40-36(30)31;1-13(2)15-11-17(14-9-7-6-8-10-14)19-12-16(15)18(3,4)5;/h1-17,19-24H;6-9,11-13H,1-5H3;/q2*-1;/i;13D;. The van der Waals surface area contributed by atoms with E-state index in [1.54, 1.807) is 0 Å². The number of fused-ring (bicyclic) bond motifs is 4. The molecule has 0 N–H and O–H groups in total. The van der Waals surface area contributed by atoms with Gasteiger partial charge in [-0.25, -0.2) is 0 Å². The number of hydrogen-bond acceptors (Lipinski definition) is 3. The van der Waals surface area contributed by atoms with Crippen LogP contribution in [-0.4, -0.2) is 27.8 Å². The van der Waals surface area contributed by atoms with Gasteiger partial charge in [0.25, 0.3) is 0 Å². The number of aromatic nitrogens is 3. The SMILES string of the molecule is [2H]C(C)(C)c1cc(-c2[c-]cccc2)nc[c]1[Ge]([CH3])([CH3])[CH3].[Ir].[c-]1ccc2c(oc3ccccc32)c1-c1nc2ccccc2n1-c1cc(-c2ccccc2)ccc1-c1ccccc1. The summed E-state index contributed by atoms with van der Waals surface area (Å²) < 4.78 is 18.5. The Morgan fingerprint density at radius 2 is 1.37 bits per heavy atom. The molecule has 0 aliphatic carbocycles. The van der Waals surface area contributed by atoms with Crippen LogP contribution in [0, 0.1) is 12.1 Å². The number of benzene rings is 7. The van der Waals surface area contributed by atoms with Crippen molar-refractivity contribution in [3.8, 4) is 50.6 Å². The predicted octanol–water partition coefficient (Wildman–Crippen LogP) is 13.9. The number of imidazole rings is 1. The Hall–Kier alpha value is -5.85. The van der Waals surface area contributed by atoms with Gasteiger partial charge in [-0.15, -0.1) is 18.2 Å². The molecule has 10 rings (SSSR count). The van der Waals surface area contributed by atoms with Crippen molar-refractivity contribution in [1.29, 1.82) is 0 Å². The fraction of sp³-hybridized carbons (Fsp3) is 0.111. The molecule has 3 aromatic heterocycles. The monoisotopic (exact) mass is 1020 g/mol. The van der Waals surface area contributed by atoms with Crippen molar-refractivity contribution in [2.45, 2.75) is 37.0 Å². The van der Waals surface area contributed by atoms with Crippen LogP contribution in [0.15, 0.2) is 180 Å². The molecule has 0 amide bonds. The van der Waals surface area contributed by atoms with Crippen LogP contribution in [0.1, 0.15) is 26.7 Å². The summed E-state index contributed by atoms with van der Waals surface area (Å²) in [7, 11) is 0. The van der Waals surface area contributed by atoms with Gasteiger partial charge in [0.15, 0.2) is 0 Å². The molecular weight excluding hydrogens is 971 g/mol. The normalized spacial score (nSPS) is 11.8. The first-order chi connectivity index (χ1) is 29.0. The van der Waals surface area contributed by atoms with Crippen LogP contribution in [0.25, 0.3) is 83.6 Å². The molecule has 0 spiro atoms. The summed E-state index contributed by atoms with van der Waals surface area (Å²) in [5, 5.41) is 2.15. The van der Waals surface area contributed by atoms with Gasteiger partial charge < -0.3 is 8.98 Å². The zero-order valence-corrected chi connectivity index (χ0v) is 38.8. The van der Waals surface area contributed by atoms with Gasteiger partial charge in [0, 0.05) is 36.7 Å². The van der Waals surface area contributed by atoms with Crippen molar-refractivity contribution in [3.63, 3.8) is 0 Å². The maximum Gasteiger partial charge on any atom is 0.120 e. The zero-order valence-electron chi connectivity index (χ0n) is 35.3. The molecule has 0 aliphatic heterocycles. The van der Waals surface area contributed by atoms with Gasteiger partial charge in [-0.05, 0) is 41.0 Å². The van der Waals surface area contributed by atoms with Crippen molar-refractivity contribution < 1.29 is 25.9 Å². The molecule has 0 saturated heterocycles. The van der Waals surface area contributed by atoms with Crippen LogP contribution in [-0.2, 0) is 20.1 Å². The summed E-state index contributed by atoms with van der Waals surface area (Å²) in [6, 6.07) is 64.9. The van der Waals surface area contributed by atoms with Crippen LogP contribution in [0.2, 0.25) is 17.3 Å². The summed E-state index contributed by atoms with van der Waals surface area (Å²) in [4.78, 5) is 9.81. The second-order valence-corrected chi connectivity index (χ2v) is 26.6. The molecule has 10 aromatic rings. The predicted molar refractivity (Wildman–Crippen MR) is 249 cm³/mol. The number of para-hydroxylation sites is 3. The van der Waals surface area contributed by atoms with Crippen LogP contribution in [0.3, 0.4) is 0 Å². The molecule has 0 atom stereocenters. The maximum absolute atomic E-state index is 8.44. The summed E-state index contributed by atoms with van der Waals surface area (Å²) in [5.41, 5.74) is 13.1. The van der Waals surface area contributed by atoms with E-state index in [9.17, 15) is 0 Å². The quantitative estimate of drug-likeness (QED) is 0.118. The Morgan fingerprint density at radius 3 is 2.10 bits per heavy atom.